The number of hydrogen-bond donors (Lipinski definition) is 0. The number of rotatable bonds is 4. The number of fused-ring (bicyclic) bond motifs is 1. The van der Waals surface area contributed by atoms with E-state index in [0.29, 0.717) is 17.8 Å². The lowest BCUT2D eigenvalue weighted by molar-refractivity contribution is 0.103. The minimum absolute atomic E-state index is 0.173. The normalized spacial score (nSPS) is 10.8. The summed E-state index contributed by atoms with van der Waals surface area (Å²) < 4.78 is 1.77. The molecule has 24 heavy (non-hydrogen) atoms. The van der Waals surface area contributed by atoms with Crippen LogP contribution in [0.25, 0.3) is 10.8 Å². The highest BCUT2D eigenvalue weighted by atomic mass is 16.1. The van der Waals surface area contributed by atoms with Crippen LogP contribution in [0.2, 0.25) is 0 Å². The molecule has 0 fully saturated rings. The summed E-state index contributed by atoms with van der Waals surface area (Å²) in [7, 11) is 0. The maximum absolute atomic E-state index is 12.3. The van der Waals surface area contributed by atoms with Crippen molar-refractivity contribution in [3.05, 3.63) is 90.3 Å². The van der Waals surface area contributed by atoms with Gasteiger partial charge in [-0.05, 0) is 28.5 Å². The number of hydrogen-bond acceptors (Lipinski definition) is 4. The van der Waals surface area contributed by atoms with Crippen LogP contribution in [0.5, 0.6) is 0 Å². The second kappa shape index (κ2) is 6.04. The van der Waals surface area contributed by atoms with E-state index in [1.165, 1.54) is 29.5 Å². The molecule has 0 bridgehead atoms. The third kappa shape index (κ3) is 2.79. The second-order valence-corrected chi connectivity index (χ2v) is 5.54. The monoisotopic (exact) mass is 314 g/mol. The molecule has 2 aromatic heterocycles. The van der Waals surface area contributed by atoms with Crippen molar-refractivity contribution in [2.45, 2.75) is 6.54 Å². The summed E-state index contributed by atoms with van der Waals surface area (Å²) in [6.07, 6.45) is 6.21. The van der Waals surface area contributed by atoms with Crippen LogP contribution in [0.15, 0.2) is 73.4 Å². The minimum atomic E-state index is -0.173. The van der Waals surface area contributed by atoms with E-state index in [1.807, 2.05) is 18.3 Å². The van der Waals surface area contributed by atoms with Gasteiger partial charge in [-0.3, -0.25) is 9.48 Å². The van der Waals surface area contributed by atoms with Crippen LogP contribution in [-0.2, 0) is 6.54 Å². The van der Waals surface area contributed by atoms with Crippen molar-refractivity contribution in [3.8, 4) is 0 Å². The average Bonchev–Trinajstić information content (AvgIpc) is 3.10. The highest BCUT2D eigenvalue weighted by Crippen LogP contribution is 2.16. The average molecular weight is 314 g/mol. The number of nitrogens with zero attached hydrogens (tertiary/aromatic N) is 4. The minimum Gasteiger partial charge on any atom is -0.287 e. The van der Waals surface area contributed by atoms with E-state index < -0.39 is 0 Å². The molecule has 2 heterocycles. The Balaban J connectivity index is 1.57. The molecular formula is C19H14N4O. The Labute approximate surface area is 138 Å². The van der Waals surface area contributed by atoms with Crippen LogP contribution in [-0.4, -0.2) is 25.5 Å². The maximum atomic E-state index is 12.3. The van der Waals surface area contributed by atoms with Crippen molar-refractivity contribution in [1.29, 1.82) is 0 Å². The van der Waals surface area contributed by atoms with Crippen molar-refractivity contribution in [2.75, 3.05) is 0 Å². The molecular weight excluding hydrogens is 300 g/mol. The molecule has 4 rings (SSSR count). The SMILES string of the molecule is O=C(c1cncnc1)c1ccn(Cc2ccc3ccccc3c2)n1. The topological polar surface area (TPSA) is 60.7 Å². The van der Waals surface area contributed by atoms with Crippen LogP contribution >= 0.6 is 0 Å². The van der Waals surface area contributed by atoms with Gasteiger partial charge in [-0.1, -0.05) is 36.4 Å². The number of carbonyl (C=O) groups excluding carboxylic acids is 1. The van der Waals surface area contributed by atoms with E-state index in [0.717, 1.165) is 5.56 Å². The Hall–Kier alpha value is -3.34. The Morgan fingerprint density at radius 2 is 1.75 bits per heavy atom. The molecule has 0 spiro atoms. The Morgan fingerprint density at radius 3 is 2.58 bits per heavy atom. The van der Waals surface area contributed by atoms with Crippen LogP contribution in [0.3, 0.4) is 0 Å². The van der Waals surface area contributed by atoms with E-state index in [1.54, 1.807) is 10.7 Å². The van der Waals surface area contributed by atoms with Crippen molar-refractivity contribution >= 4 is 16.6 Å². The summed E-state index contributed by atoms with van der Waals surface area (Å²) in [4.78, 5) is 20.1. The first-order chi connectivity index (χ1) is 11.8. The van der Waals surface area contributed by atoms with Gasteiger partial charge in [0, 0.05) is 18.6 Å². The van der Waals surface area contributed by atoms with Gasteiger partial charge in [-0.2, -0.15) is 5.10 Å². The van der Waals surface area contributed by atoms with Gasteiger partial charge in [-0.25, -0.2) is 9.97 Å². The van der Waals surface area contributed by atoms with E-state index in [4.69, 9.17) is 0 Å². The van der Waals surface area contributed by atoms with Crippen LogP contribution in [0.4, 0.5) is 0 Å². The molecule has 0 saturated heterocycles. The summed E-state index contributed by atoms with van der Waals surface area (Å²) in [5.41, 5.74) is 1.97. The van der Waals surface area contributed by atoms with Crippen LogP contribution < -0.4 is 0 Å². The Kier molecular flexibility index (Phi) is 3.59. The maximum Gasteiger partial charge on any atom is 0.216 e. The lowest BCUT2D eigenvalue weighted by atomic mass is 10.1. The summed E-state index contributed by atoms with van der Waals surface area (Å²) in [5, 5.41) is 6.78. The fourth-order valence-electron chi connectivity index (χ4n) is 2.66. The quantitative estimate of drug-likeness (QED) is 0.543. The zero-order chi connectivity index (χ0) is 16.4. The lowest BCUT2D eigenvalue weighted by Gasteiger charge is -2.04. The van der Waals surface area contributed by atoms with E-state index in [9.17, 15) is 4.79 Å². The Morgan fingerprint density at radius 1 is 0.958 bits per heavy atom. The van der Waals surface area contributed by atoms with Gasteiger partial charge in [0.2, 0.25) is 5.78 Å². The number of aromatic nitrogens is 4. The zero-order valence-corrected chi connectivity index (χ0v) is 12.8. The molecule has 0 radical (unpaired) electrons. The molecule has 0 saturated carbocycles. The first-order valence-electron chi connectivity index (χ1n) is 7.60. The number of carbonyl (C=O) groups is 1. The lowest BCUT2D eigenvalue weighted by Crippen LogP contribution is -2.06. The van der Waals surface area contributed by atoms with Crippen molar-refractivity contribution in [2.24, 2.45) is 0 Å². The zero-order valence-electron chi connectivity index (χ0n) is 12.8. The van der Waals surface area contributed by atoms with Gasteiger partial charge in [0.05, 0.1) is 12.1 Å². The second-order valence-electron chi connectivity index (χ2n) is 5.54. The third-order valence-electron chi connectivity index (χ3n) is 3.85. The van der Waals surface area contributed by atoms with E-state index in [2.05, 4.69) is 45.4 Å². The molecule has 0 amide bonds. The Bertz CT molecular complexity index is 1010. The third-order valence-corrected chi connectivity index (χ3v) is 3.85. The highest BCUT2D eigenvalue weighted by molar-refractivity contribution is 6.07. The molecule has 0 aliphatic rings. The van der Waals surface area contributed by atoms with Gasteiger partial charge in [0.1, 0.15) is 12.0 Å². The highest BCUT2D eigenvalue weighted by Gasteiger charge is 2.12. The molecule has 2 aromatic carbocycles. The van der Waals surface area contributed by atoms with Crippen molar-refractivity contribution < 1.29 is 4.79 Å². The number of benzene rings is 2. The fraction of sp³-hybridized carbons (Fsp3) is 0.0526. The van der Waals surface area contributed by atoms with Crippen molar-refractivity contribution in [3.63, 3.8) is 0 Å². The standard InChI is InChI=1S/C19H14N4O/c24-19(17-10-20-13-21-11-17)18-7-8-23(22-18)12-14-5-6-15-3-1-2-4-16(15)9-14/h1-11,13H,12H2. The predicted octanol–water partition coefficient (Wildman–Crippen LogP) is 3.11. The van der Waals surface area contributed by atoms with Gasteiger partial charge in [0.25, 0.3) is 0 Å². The first kappa shape index (κ1) is 14.3. The molecule has 5 nitrogen and oxygen atoms in total. The predicted molar refractivity (Wildman–Crippen MR) is 90.7 cm³/mol. The fourth-order valence-corrected chi connectivity index (χ4v) is 2.66. The van der Waals surface area contributed by atoms with E-state index >= 15 is 0 Å². The molecule has 116 valence electrons. The summed E-state index contributed by atoms with van der Waals surface area (Å²) >= 11 is 0. The number of ketones is 1. The molecule has 0 N–H and O–H groups in total. The molecule has 0 aliphatic carbocycles. The van der Waals surface area contributed by atoms with Gasteiger partial charge >= 0.3 is 0 Å². The molecule has 4 aromatic rings. The summed E-state index contributed by atoms with van der Waals surface area (Å²) in [6, 6.07) is 16.3. The van der Waals surface area contributed by atoms with Crippen LogP contribution in [0.1, 0.15) is 21.6 Å². The molecule has 0 aliphatic heterocycles. The summed E-state index contributed by atoms with van der Waals surface area (Å²) in [6.45, 7) is 0.614. The largest absolute Gasteiger partial charge is 0.287 e. The van der Waals surface area contributed by atoms with Gasteiger partial charge in [-0.15, -0.1) is 0 Å². The molecule has 5 heteroatoms. The smallest absolute Gasteiger partial charge is 0.216 e. The molecule has 0 unspecified atom stereocenters. The molecule has 0 atom stereocenters. The van der Waals surface area contributed by atoms with Gasteiger partial charge in [0.15, 0.2) is 0 Å². The summed E-state index contributed by atoms with van der Waals surface area (Å²) in [5.74, 6) is -0.173. The van der Waals surface area contributed by atoms with Crippen LogP contribution in [0, 0.1) is 0 Å². The van der Waals surface area contributed by atoms with Crippen molar-refractivity contribution in [1.82, 2.24) is 19.7 Å². The first-order valence-corrected chi connectivity index (χ1v) is 7.60. The van der Waals surface area contributed by atoms with Gasteiger partial charge < -0.3 is 0 Å². The van der Waals surface area contributed by atoms with E-state index in [-0.39, 0.29) is 5.78 Å².